The molecule has 1 unspecified atom stereocenters. The van der Waals surface area contributed by atoms with Crippen molar-refractivity contribution in [3.63, 3.8) is 0 Å². The SMILES string of the molecule is O=C(Cc1c[nH]c2cc(Cl)ccc12)NCC(O)c1ccsc1. The Bertz CT molecular complexity index is 783. The standard InChI is InChI=1S/C16H15ClN2O2S/c17-12-1-2-13-11(7-18-14(13)6-12)5-16(21)19-8-15(20)10-3-4-22-9-10/h1-4,6-7,9,15,18,20H,5,8H2,(H,19,21). The number of hydrogen-bond acceptors (Lipinski definition) is 3. The third-order valence-electron chi connectivity index (χ3n) is 3.50. The number of thiophene rings is 1. The van der Waals surface area contributed by atoms with E-state index in [1.54, 1.807) is 6.07 Å². The Morgan fingerprint density at radius 2 is 2.27 bits per heavy atom. The second kappa shape index (κ2) is 6.52. The first-order chi connectivity index (χ1) is 10.6. The maximum atomic E-state index is 12.0. The minimum absolute atomic E-state index is 0.120. The van der Waals surface area contributed by atoms with E-state index in [1.165, 1.54) is 11.3 Å². The quantitative estimate of drug-likeness (QED) is 0.670. The number of fused-ring (bicyclic) bond motifs is 1. The minimum atomic E-state index is -0.669. The van der Waals surface area contributed by atoms with Crippen molar-refractivity contribution in [2.45, 2.75) is 12.5 Å². The van der Waals surface area contributed by atoms with Gasteiger partial charge in [0.25, 0.3) is 0 Å². The van der Waals surface area contributed by atoms with Crippen molar-refractivity contribution in [1.29, 1.82) is 0 Å². The molecular formula is C16H15ClN2O2S. The van der Waals surface area contributed by atoms with Crippen LogP contribution >= 0.6 is 22.9 Å². The molecule has 0 spiro atoms. The van der Waals surface area contributed by atoms with E-state index in [1.807, 2.05) is 35.2 Å². The summed E-state index contributed by atoms with van der Waals surface area (Å²) in [7, 11) is 0. The van der Waals surface area contributed by atoms with Crippen LogP contribution in [0.3, 0.4) is 0 Å². The molecule has 0 bridgehead atoms. The van der Waals surface area contributed by atoms with Crippen LogP contribution in [-0.2, 0) is 11.2 Å². The zero-order valence-electron chi connectivity index (χ0n) is 11.7. The summed E-state index contributed by atoms with van der Waals surface area (Å²) >= 11 is 7.46. The maximum absolute atomic E-state index is 12.0. The summed E-state index contributed by atoms with van der Waals surface area (Å²) < 4.78 is 0. The summed E-state index contributed by atoms with van der Waals surface area (Å²) in [5.74, 6) is -0.120. The first-order valence-electron chi connectivity index (χ1n) is 6.86. The number of carbonyl (C=O) groups excluding carboxylic acids is 1. The molecule has 2 aromatic heterocycles. The first kappa shape index (κ1) is 15.1. The van der Waals surface area contributed by atoms with Gasteiger partial charge in [-0.15, -0.1) is 0 Å². The van der Waals surface area contributed by atoms with Crippen molar-refractivity contribution in [2.24, 2.45) is 0 Å². The monoisotopic (exact) mass is 334 g/mol. The van der Waals surface area contributed by atoms with E-state index in [2.05, 4.69) is 10.3 Å². The van der Waals surface area contributed by atoms with Crippen LogP contribution in [0.5, 0.6) is 0 Å². The topological polar surface area (TPSA) is 65.1 Å². The number of aromatic amines is 1. The molecule has 22 heavy (non-hydrogen) atoms. The molecule has 0 aliphatic carbocycles. The van der Waals surface area contributed by atoms with Gasteiger partial charge in [0.2, 0.25) is 5.91 Å². The lowest BCUT2D eigenvalue weighted by molar-refractivity contribution is -0.120. The molecule has 3 rings (SSSR count). The van der Waals surface area contributed by atoms with Crippen LogP contribution in [0.4, 0.5) is 0 Å². The number of hydrogen-bond donors (Lipinski definition) is 3. The molecule has 3 N–H and O–H groups in total. The number of benzene rings is 1. The molecule has 0 saturated heterocycles. The van der Waals surface area contributed by atoms with Gasteiger partial charge in [0, 0.05) is 28.7 Å². The number of nitrogens with one attached hydrogen (secondary N) is 2. The highest BCUT2D eigenvalue weighted by atomic mass is 35.5. The molecule has 3 aromatic rings. The Labute approximate surface area is 136 Å². The normalized spacial score (nSPS) is 12.5. The number of H-pyrrole nitrogens is 1. The number of carbonyl (C=O) groups is 1. The van der Waals surface area contributed by atoms with Crippen LogP contribution in [-0.4, -0.2) is 22.5 Å². The average Bonchev–Trinajstić information content (AvgIpc) is 3.15. The molecule has 0 aliphatic heterocycles. The van der Waals surface area contributed by atoms with Crippen molar-refractivity contribution >= 4 is 39.7 Å². The average molecular weight is 335 g/mol. The summed E-state index contributed by atoms with van der Waals surface area (Å²) in [4.78, 5) is 15.1. The lowest BCUT2D eigenvalue weighted by atomic mass is 10.1. The highest BCUT2D eigenvalue weighted by Crippen LogP contribution is 2.22. The fourth-order valence-corrected chi connectivity index (χ4v) is 3.21. The molecule has 6 heteroatoms. The highest BCUT2D eigenvalue weighted by molar-refractivity contribution is 7.07. The zero-order valence-corrected chi connectivity index (χ0v) is 13.2. The molecule has 0 aliphatic rings. The number of aromatic nitrogens is 1. The second-order valence-electron chi connectivity index (χ2n) is 5.06. The van der Waals surface area contributed by atoms with Gasteiger partial charge >= 0.3 is 0 Å². The molecular weight excluding hydrogens is 320 g/mol. The number of aliphatic hydroxyl groups is 1. The van der Waals surface area contributed by atoms with Gasteiger partial charge in [-0.2, -0.15) is 11.3 Å². The third kappa shape index (κ3) is 3.32. The molecule has 1 amide bonds. The Kier molecular flexibility index (Phi) is 4.47. The Balaban J connectivity index is 1.61. The first-order valence-corrected chi connectivity index (χ1v) is 8.18. The van der Waals surface area contributed by atoms with Gasteiger partial charge < -0.3 is 15.4 Å². The summed E-state index contributed by atoms with van der Waals surface area (Å²) in [6.07, 6.45) is 1.41. The zero-order chi connectivity index (χ0) is 15.5. The van der Waals surface area contributed by atoms with Crippen LogP contribution in [0.1, 0.15) is 17.2 Å². The van der Waals surface area contributed by atoms with E-state index in [4.69, 9.17) is 11.6 Å². The van der Waals surface area contributed by atoms with Gasteiger partial charge in [-0.1, -0.05) is 17.7 Å². The lowest BCUT2D eigenvalue weighted by Gasteiger charge is -2.10. The molecule has 0 radical (unpaired) electrons. The molecule has 4 nitrogen and oxygen atoms in total. The summed E-state index contributed by atoms with van der Waals surface area (Å²) in [6, 6.07) is 7.39. The van der Waals surface area contributed by atoms with E-state index >= 15 is 0 Å². The predicted molar refractivity (Wildman–Crippen MR) is 89.3 cm³/mol. The Morgan fingerprint density at radius 3 is 3.05 bits per heavy atom. The number of rotatable bonds is 5. The summed E-state index contributed by atoms with van der Waals surface area (Å²) in [5.41, 5.74) is 2.65. The van der Waals surface area contributed by atoms with Crippen molar-refractivity contribution in [3.05, 3.63) is 57.4 Å². The Hall–Kier alpha value is -1.82. The van der Waals surface area contributed by atoms with Crippen LogP contribution in [0.2, 0.25) is 5.02 Å². The van der Waals surface area contributed by atoms with E-state index in [9.17, 15) is 9.90 Å². The summed E-state index contributed by atoms with van der Waals surface area (Å²) in [5, 5.41) is 18.1. The molecule has 114 valence electrons. The van der Waals surface area contributed by atoms with Gasteiger partial charge in [0.15, 0.2) is 0 Å². The number of aliphatic hydroxyl groups excluding tert-OH is 1. The highest BCUT2D eigenvalue weighted by Gasteiger charge is 2.12. The van der Waals surface area contributed by atoms with Gasteiger partial charge in [0.1, 0.15) is 0 Å². The van der Waals surface area contributed by atoms with Crippen LogP contribution in [0.25, 0.3) is 10.9 Å². The van der Waals surface area contributed by atoms with Crippen molar-refractivity contribution in [1.82, 2.24) is 10.3 Å². The van der Waals surface area contributed by atoms with Gasteiger partial charge in [-0.25, -0.2) is 0 Å². The molecule has 1 aromatic carbocycles. The van der Waals surface area contributed by atoms with E-state index in [0.29, 0.717) is 5.02 Å². The van der Waals surface area contributed by atoms with E-state index in [0.717, 1.165) is 22.0 Å². The third-order valence-corrected chi connectivity index (χ3v) is 4.44. The number of halogens is 1. The second-order valence-corrected chi connectivity index (χ2v) is 6.27. The molecule has 1 atom stereocenters. The van der Waals surface area contributed by atoms with Gasteiger partial charge in [-0.3, -0.25) is 4.79 Å². The fraction of sp³-hybridized carbons (Fsp3) is 0.188. The largest absolute Gasteiger partial charge is 0.387 e. The van der Waals surface area contributed by atoms with Crippen molar-refractivity contribution in [3.8, 4) is 0 Å². The molecule has 2 heterocycles. The predicted octanol–water partition coefficient (Wildman–Crippen LogP) is 3.28. The van der Waals surface area contributed by atoms with Gasteiger partial charge in [0.05, 0.1) is 12.5 Å². The van der Waals surface area contributed by atoms with Crippen molar-refractivity contribution < 1.29 is 9.90 Å². The van der Waals surface area contributed by atoms with Crippen LogP contribution < -0.4 is 5.32 Å². The minimum Gasteiger partial charge on any atom is -0.387 e. The molecule has 0 saturated carbocycles. The van der Waals surface area contributed by atoms with Gasteiger partial charge in [-0.05, 0) is 40.1 Å². The lowest BCUT2D eigenvalue weighted by Crippen LogP contribution is -2.29. The summed E-state index contributed by atoms with van der Waals surface area (Å²) in [6.45, 7) is 0.212. The van der Waals surface area contributed by atoms with Crippen molar-refractivity contribution in [2.75, 3.05) is 6.54 Å². The number of amides is 1. The van der Waals surface area contributed by atoms with E-state index < -0.39 is 6.10 Å². The Morgan fingerprint density at radius 1 is 1.41 bits per heavy atom. The maximum Gasteiger partial charge on any atom is 0.224 e. The van der Waals surface area contributed by atoms with E-state index in [-0.39, 0.29) is 18.9 Å². The smallest absolute Gasteiger partial charge is 0.224 e. The molecule has 0 fully saturated rings. The van der Waals surface area contributed by atoms with Crippen LogP contribution in [0.15, 0.2) is 41.2 Å². The fourth-order valence-electron chi connectivity index (χ4n) is 2.33. The van der Waals surface area contributed by atoms with Crippen LogP contribution in [0, 0.1) is 0 Å².